The van der Waals surface area contributed by atoms with Crippen LogP contribution >= 0.6 is 0 Å². The molecule has 47 heavy (non-hydrogen) atoms. The van der Waals surface area contributed by atoms with E-state index in [1.165, 1.54) is 25.1 Å². The first-order valence-corrected chi connectivity index (χ1v) is 15.1. The normalized spacial score (nSPS) is 27.5. The standard InChI is InChI=1S/C33H37F3N4O7/c1-38(2)21-12-18(14-40(15-32(34,35)36)13-16-8-6-5-7-9-16)26(41)23-19(21)10-17-11-20-25(39(3)4)28(43)24(31(37)46)30(45)33(20,47)29(44)22(17)27(23)42/h5-9,12,17,20,22,24-25,41,47H,10-11,13-15H2,1-4H3,(H2,37,46)/t17-,20-,22?,24?,25-,33-/m0/s1. The van der Waals surface area contributed by atoms with E-state index in [-0.39, 0.29) is 30.5 Å². The average molecular weight is 659 g/mol. The van der Waals surface area contributed by atoms with Gasteiger partial charge in [0, 0.05) is 44.4 Å². The van der Waals surface area contributed by atoms with Crippen LogP contribution < -0.4 is 10.6 Å². The molecule has 11 nitrogen and oxygen atoms in total. The highest BCUT2D eigenvalue weighted by Gasteiger charge is 2.69. The molecule has 0 saturated heterocycles. The van der Waals surface area contributed by atoms with Crippen LogP contribution in [-0.2, 0) is 38.7 Å². The van der Waals surface area contributed by atoms with Crippen molar-refractivity contribution in [3.8, 4) is 5.75 Å². The number of rotatable bonds is 8. The molecule has 0 bridgehead atoms. The number of nitrogens with zero attached hydrogens (tertiary/aromatic N) is 3. The number of fused-ring (bicyclic) bond motifs is 3. The molecule has 2 unspecified atom stereocenters. The Morgan fingerprint density at radius 3 is 2.21 bits per heavy atom. The van der Waals surface area contributed by atoms with Crippen LogP contribution in [0.4, 0.5) is 18.9 Å². The Labute approximate surface area is 269 Å². The smallest absolute Gasteiger partial charge is 0.401 e. The quantitative estimate of drug-likeness (QED) is 0.355. The predicted molar refractivity (Wildman–Crippen MR) is 162 cm³/mol. The van der Waals surface area contributed by atoms with Gasteiger partial charge < -0.3 is 20.8 Å². The molecule has 2 fully saturated rings. The largest absolute Gasteiger partial charge is 0.507 e. The van der Waals surface area contributed by atoms with Gasteiger partial charge >= 0.3 is 6.18 Å². The maximum Gasteiger partial charge on any atom is 0.401 e. The second-order valence-electron chi connectivity index (χ2n) is 13.2. The molecular formula is C33H37F3N4O7. The Hall–Kier alpha value is -4.14. The molecule has 2 saturated carbocycles. The minimum atomic E-state index is -4.58. The number of nitrogens with two attached hydrogens (primary N) is 1. The van der Waals surface area contributed by atoms with Gasteiger partial charge in [0.05, 0.1) is 24.1 Å². The number of benzene rings is 2. The van der Waals surface area contributed by atoms with E-state index in [1.807, 2.05) is 0 Å². The summed E-state index contributed by atoms with van der Waals surface area (Å²) < 4.78 is 41.0. The van der Waals surface area contributed by atoms with Crippen molar-refractivity contribution in [1.29, 1.82) is 0 Å². The predicted octanol–water partition coefficient (Wildman–Crippen LogP) is 1.50. The number of phenols is 1. The fraction of sp³-hybridized carbons (Fsp3) is 0.485. The molecule has 0 heterocycles. The van der Waals surface area contributed by atoms with Crippen molar-refractivity contribution in [2.45, 2.75) is 43.8 Å². The molecule has 0 aliphatic heterocycles. The molecular weight excluding hydrogens is 621 g/mol. The first-order chi connectivity index (χ1) is 21.9. The van der Waals surface area contributed by atoms with Crippen LogP contribution in [0.25, 0.3) is 0 Å². The summed E-state index contributed by atoms with van der Waals surface area (Å²) in [6.45, 7) is -1.83. The number of primary amides is 1. The summed E-state index contributed by atoms with van der Waals surface area (Å²) >= 11 is 0. The van der Waals surface area contributed by atoms with Crippen LogP contribution in [-0.4, -0.2) is 102 Å². The number of amides is 1. The van der Waals surface area contributed by atoms with Gasteiger partial charge in [0.2, 0.25) is 5.91 Å². The third-order valence-electron chi connectivity index (χ3n) is 9.64. The highest BCUT2D eigenvalue weighted by atomic mass is 19.4. The molecule has 3 aliphatic rings. The van der Waals surface area contributed by atoms with Gasteiger partial charge in [0.25, 0.3) is 0 Å². The van der Waals surface area contributed by atoms with Crippen molar-refractivity contribution in [1.82, 2.24) is 9.80 Å². The molecule has 252 valence electrons. The molecule has 2 aromatic rings. The number of aliphatic hydroxyl groups is 1. The lowest BCUT2D eigenvalue weighted by molar-refractivity contribution is -0.181. The molecule has 1 amide bonds. The zero-order valence-corrected chi connectivity index (χ0v) is 26.4. The number of anilines is 1. The number of likely N-dealkylation sites (N-methyl/N-ethyl adjacent to an activating group) is 1. The van der Waals surface area contributed by atoms with Crippen molar-refractivity contribution in [3.05, 3.63) is 58.7 Å². The maximum absolute atomic E-state index is 14.2. The molecule has 5 rings (SSSR count). The molecule has 0 radical (unpaired) electrons. The fourth-order valence-electron chi connectivity index (χ4n) is 7.73. The number of phenolic OH excluding ortho intramolecular Hbond substituents is 1. The summed E-state index contributed by atoms with van der Waals surface area (Å²) in [5.74, 6) is -12.0. The Morgan fingerprint density at radius 1 is 1.02 bits per heavy atom. The van der Waals surface area contributed by atoms with E-state index in [2.05, 4.69) is 0 Å². The van der Waals surface area contributed by atoms with E-state index in [1.54, 1.807) is 49.3 Å². The minimum Gasteiger partial charge on any atom is -0.507 e. The molecule has 14 heteroatoms. The third kappa shape index (κ3) is 5.82. The van der Waals surface area contributed by atoms with Crippen molar-refractivity contribution >= 4 is 34.7 Å². The van der Waals surface area contributed by atoms with E-state index in [0.717, 1.165) is 4.90 Å². The number of aromatic hydroxyl groups is 1. The van der Waals surface area contributed by atoms with Gasteiger partial charge in [0.1, 0.15) is 5.75 Å². The van der Waals surface area contributed by atoms with Gasteiger partial charge in [-0.2, -0.15) is 13.2 Å². The summed E-state index contributed by atoms with van der Waals surface area (Å²) in [5, 5.41) is 23.3. The SMILES string of the molecule is CN(C)c1cc(CN(Cc2ccccc2)CC(F)(F)F)c(O)c2c1C[C@H]1C[C@H]3[C@H](N(C)C)C(=O)C(C(N)=O)C(=O)[C@@]3(O)C(=O)C1C2=O. The van der Waals surface area contributed by atoms with E-state index in [0.29, 0.717) is 16.8 Å². The van der Waals surface area contributed by atoms with Gasteiger partial charge in [-0.05, 0) is 50.0 Å². The summed E-state index contributed by atoms with van der Waals surface area (Å²) in [6, 6.07) is 8.73. The van der Waals surface area contributed by atoms with Crippen molar-refractivity contribution in [3.63, 3.8) is 0 Å². The summed E-state index contributed by atoms with van der Waals surface area (Å²) in [7, 11) is 6.33. The Balaban J connectivity index is 1.60. The van der Waals surface area contributed by atoms with Gasteiger partial charge in [0.15, 0.2) is 34.7 Å². The number of Topliss-reactive ketones (excluding diaryl/α,β-unsaturated/α-hetero) is 4. The van der Waals surface area contributed by atoms with Crippen LogP contribution in [0.1, 0.15) is 33.5 Å². The molecule has 4 N–H and O–H groups in total. The van der Waals surface area contributed by atoms with Crippen LogP contribution in [0.15, 0.2) is 36.4 Å². The lowest BCUT2D eigenvalue weighted by atomic mass is 9.52. The summed E-state index contributed by atoms with van der Waals surface area (Å²) in [4.78, 5) is 71.5. The van der Waals surface area contributed by atoms with Crippen LogP contribution in [0.3, 0.4) is 0 Å². The van der Waals surface area contributed by atoms with E-state index >= 15 is 0 Å². The zero-order chi connectivity index (χ0) is 34.7. The fourth-order valence-corrected chi connectivity index (χ4v) is 7.73. The average Bonchev–Trinajstić information content (AvgIpc) is 2.95. The summed E-state index contributed by atoms with van der Waals surface area (Å²) in [5.41, 5.74) is 3.62. The number of carbonyl (C=O) groups is 5. The van der Waals surface area contributed by atoms with Crippen LogP contribution in [0.2, 0.25) is 0 Å². The highest BCUT2D eigenvalue weighted by molar-refractivity contribution is 6.32. The van der Waals surface area contributed by atoms with Crippen molar-refractivity contribution < 1.29 is 47.4 Å². The van der Waals surface area contributed by atoms with E-state index < -0.39 is 89.4 Å². The second-order valence-corrected chi connectivity index (χ2v) is 13.2. The Bertz CT molecular complexity index is 1640. The maximum atomic E-state index is 14.2. The van der Waals surface area contributed by atoms with Crippen molar-refractivity contribution in [2.75, 3.05) is 39.6 Å². The van der Waals surface area contributed by atoms with Crippen LogP contribution in [0, 0.1) is 23.7 Å². The minimum absolute atomic E-state index is 0.0140. The number of halogens is 3. The van der Waals surface area contributed by atoms with Gasteiger partial charge in [-0.25, -0.2) is 0 Å². The number of ketones is 4. The first-order valence-electron chi connectivity index (χ1n) is 15.1. The lowest BCUT2D eigenvalue weighted by Gasteiger charge is -2.52. The third-order valence-corrected chi connectivity index (χ3v) is 9.64. The second kappa shape index (κ2) is 12.1. The Kier molecular flexibility index (Phi) is 8.84. The highest BCUT2D eigenvalue weighted by Crippen LogP contribution is 2.52. The molecule has 2 aromatic carbocycles. The number of alkyl halides is 3. The lowest BCUT2D eigenvalue weighted by Crippen LogP contribution is -2.74. The molecule has 0 spiro atoms. The van der Waals surface area contributed by atoms with E-state index in [9.17, 15) is 47.4 Å². The number of hydrogen-bond donors (Lipinski definition) is 3. The van der Waals surface area contributed by atoms with Gasteiger partial charge in [-0.15, -0.1) is 0 Å². The molecule has 6 atom stereocenters. The van der Waals surface area contributed by atoms with Crippen LogP contribution in [0.5, 0.6) is 5.75 Å². The number of carbonyl (C=O) groups excluding carboxylic acids is 5. The monoisotopic (exact) mass is 658 g/mol. The molecule has 3 aliphatic carbocycles. The van der Waals surface area contributed by atoms with Gasteiger partial charge in [-0.3, -0.25) is 33.8 Å². The Morgan fingerprint density at radius 2 is 1.66 bits per heavy atom. The number of hydrogen-bond acceptors (Lipinski definition) is 10. The first kappa shape index (κ1) is 34.2. The summed E-state index contributed by atoms with van der Waals surface area (Å²) in [6.07, 6.45) is -4.66. The van der Waals surface area contributed by atoms with E-state index in [4.69, 9.17) is 5.73 Å². The van der Waals surface area contributed by atoms with Crippen molar-refractivity contribution in [2.24, 2.45) is 29.4 Å². The van der Waals surface area contributed by atoms with Gasteiger partial charge in [-0.1, -0.05) is 30.3 Å². The topological polar surface area (TPSA) is 162 Å². The molecule has 0 aromatic heterocycles. The zero-order valence-electron chi connectivity index (χ0n) is 26.4.